The van der Waals surface area contributed by atoms with E-state index in [4.69, 9.17) is 5.73 Å². The number of nitrogens with one attached hydrogen (secondary N) is 2. The number of carbonyl (C=O) groups is 3. The van der Waals surface area contributed by atoms with Crippen molar-refractivity contribution in [2.75, 3.05) is 30.3 Å². The third-order valence-electron chi connectivity index (χ3n) is 4.30. The second-order valence-electron chi connectivity index (χ2n) is 6.68. The average Bonchev–Trinajstić information content (AvgIpc) is 2.72. The van der Waals surface area contributed by atoms with Crippen LogP contribution in [0.1, 0.15) is 47.4 Å². The summed E-state index contributed by atoms with van der Waals surface area (Å²) < 4.78 is 0. The molecule has 0 heterocycles. The molecule has 154 valence electrons. The van der Waals surface area contributed by atoms with Crippen LogP contribution in [0, 0.1) is 0 Å². The molecule has 0 aromatic heterocycles. The van der Waals surface area contributed by atoms with Gasteiger partial charge in [-0.2, -0.15) is 0 Å². The number of anilines is 2. The van der Waals surface area contributed by atoms with Crippen molar-refractivity contribution in [2.45, 2.75) is 26.7 Å². The van der Waals surface area contributed by atoms with E-state index in [9.17, 15) is 14.4 Å². The fourth-order valence-electron chi connectivity index (χ4n) is 3.00. The Hall–Kier alpha value is -3.35. The van der Waals surface area contributed by atoms with Crippen LogP contribution >= 0.6 is 0 Å². The SMILES string of the molecule is CCCN(CCC)C(=O)c1cccc(NC(=O)CNc2ccccc2C(N)=O)c1. The molecule has 3 amide bonds. The van der Waals surface area contributed by atoms with E-state index in [1.54, 1.807) is 48.5 Å². The van der Waals surface area contributed by atoms with Crippen LogP contribution in [0.4, 0.5) is 11.4 Å². The molecule has 0 radical (unpaired) electrons. The highest BCUT2D eigenvalue weighted by molar-refractivity contribution is 6.00. The van der Waals surface area contributed by atoms with Gasteiger partial charge in [-0.25, -0.2) is 0 Å². The molecule has 0 atom stereocenters. The first-order valence-electron chi connectivity index (χ1n) is 9.78. The number of rotatable bonds is 10. The molecule has 2 aromatic carbocycles. The van der Waals surface area contributed by atoms with E-state index in [-0.39, 0.29) is 18.4 Å². The normalized spacial score (nSPS) is 10.3. The molecule has 4 N–H and O–H groups in total. The van der Waals surface area contributed by atoms with Gasteiger partial charge in [-0.3, -0.25) is 14.4 Å². The molecule has 0 unspecified atom stereocenters. The summed E-state index contributed by atoms with van der Waals surface area (Å²) >= 11 is 0. The molecule has 0 aliphatic heterocycles. The lowest BCUT2D eigenvalue weighted by Gasteiger charge is -2.21. The van der Waals surface area contributed by atoms with Crippen LogP contribution < -0.4 is 16.4 Å². The predicted molar refractivity (Wildman–Crippen MR) is 115 cm³/mol. The van der Waals surface area contributed by atoms with Gasteiger partial charge in [-0.05, 0) is 43.2 Å². The summed E-state index contributed by atoms with van der Waals surface area (Å²) in [6.45, 7) is 5.44. The maximum Gasteiger partial charge on any atom is 0.253 e. The molecule has 0 aliphatic rings. The Morgan fingerprint density at radius 2 is 1.66 bits per heavy atom. The Morgan fingerprint density at radius 1 is 0.966 bits per heavy atom. The molecule has 7 nitrogen and oxygen atoms in total. The molecule has 0 spiro atoms. The molecule has 7 heteroatoms. The molecule has 2 aromatic rings. The summed E-state index contributed by atoms with van der Waals surface area (Å²) in [4.78, 5) is 38.3. The van der Waals surface area contributed by atoms with Crippen LogP contribution in [0.2, 0.25) is 0 Å². The van der Waals surface area contributed by atoms with Gasteiger partial charge in [0.1, 0.15) is 0 Å². The molecular formula is C22H28N4O3. The summed E-state index contributed by atoms with van der Waals surface area (Å²) in [5.41, 5.74) is 7.23. The number of nitrogens with two attached hydrogens (primary N) is 1. The van der Waals surface area contributed by atoms with Crippen LogP contribution in [-0.2, 0) is 4.79 Å². The van der Waals surface area contributed by atoms with Gasteiger partial charge in [0.2, 0.25) is 5.91 Å². The van der Waals surface area contributed by atoms with Crippen molar-refractivity contribution in [3.05, 3.63) is 59.7 Å². The number of hydrogen-bond donors (Lipinski definition) is 3. The zero-order chi connectivity index (χ0) is 21.2. The fraction of sp³-hybridized carbons (Fsp3) is 0.318. The Labute approximate surface area is 171 Å². The van der Waals surface area contributed by atoms with E-state index in [0.717, 1.165) is 12.8 Å². The lowest BCUT2D eigenvalue weighted by molar-refractivity contribution is -0.114. The van der Waals surface area contributed by atoms with Crippen molar-refractivity contribution in [1.82, 2.24) is 4.90 Å². The molecular weight excluding hydrogens is 368 g/mol. The van der Waals surface area contributed by atoms with Crippen molar-refractivity contribution in [3.8, 4) is 0 Å². The van der Waals surface area contributed by atoms with Gasteiger partial charge < -0.3 is 21.3 Å². The van der Waals surface area contributed by atoms with Gasteiger partial charge in [-0.1, -0.05) is 32.0 Å². The summed E-state index contributed by atoms with van der Waals surface area (Å²) in [6, 6.07) is 13.6. The van der Waals surface area contributed by atoms with E-state index >= 15 is 0 Å². The van der Waals surface area contributed by atoms with Crippen LogP contribution in [0.25, 0.3) is 0 Å². The molecule has 29 heavy (non-hydrogen) atoms. The standard InChI is InChI=1S/C22H28N4O3/c1-3-12-26(13-4-2)22(29)16-8-7-9-17(14-16)25-20(27)15-24-19-11-6-5-10-18(19)21(23)28/h5-11,14,24H,3-4,12-13,15H2,1-2H3,(H2,23,28)(H,25,27). The Balaban J connectivity index is 2.02. The summed E-state index contributed by atoms with van der Waals surface area (Å²) in [5, 5.41) is 5.69. The third-order valence-corrected chi connectivity index (χ3v) is 4.30. The fourth-order valence-corrected chi connectivity index (χ4v) is 3.00. The first-order chi connectivity index (χ1) is 14.0. The highest BCUT2D eigenvalue weighted by Crippen LogP contribution is 2.15. The number of amides is 3. The number of primary amides is 1. The minimum absolute atomic E-state index is 0.0414. The quantitative estimate of drug-likeness (QED) is 0.574. The lowest BCUT2D eigenvalue weighted by atomic mass is 10.1. The first kappa shape index (κ1) is 21.9. The topological polar surface area (TPSA) is 105 Å². The summed E-state index contributed by atoms with van der Waals surface area (Å²) in [6.07, 6.45) is 1.78. The zero-order valence-electron chi connectivity index (χ0n) is 16.9. The molecule has 0 saturated carbocycles. The Bertz CT molecular complexity index is 861. The monoisotopic (exact) mass is 396 g/mol. The van der Waals surface area contributed by atoms with Crippen LogP contribution in [0.3, 0.4) is 0 Å². The van der Waals surface area contributed by atoms with Crippen molar-refractivity contribution < 1.29 is 14.4 Å². The predicted octanol–water partition coefficient (Wildman–Crippen LogP) is 3.10. The van der Waals surface area contributed by atoms with Crippen molar-refractivity contribution in [3.63, 3.8) is 0 Å². The van der Waals surface area contributed by atoms with Crippen molar-refractivity contribution >= 4 is 29.1 Å². The summed E-state index contributed by atoms with van der Waals surface area (Å²) in [7, 11) is 0. The smallest absolute Gasteiger partial charge is 0.253 e. The van der Waals surface area contributed by atoms with Gasteiger partial charge in [0, 0.05) is 30.0 Å². The van der Waals surface area contributed by atoms with Gasteiger partial charge in [0.25, 0.3) is 11.8 Å². The largest absolute Gasteiger partial charge is 0.376 e. The first-order valence-corrected chi connectivity index (χ1v) is 9.78. The number of benzene rings is 2. The Morgan fingerprint density at radius 3 is 2.31 bits per heavy atom. The van der Waals surface area contributed by atoms with Crippen molar-refractivity contribution in [1.29, 1.82) is 0 Å². The number of carbonyl (C=O) groups excluding carboxylic acids is 3. The van der Waals surface area contributed by atoms with Crippen LogP contribution in [0.5, 0.6) is 0 Å². The maximum absolute atomic E-state index is 12.7. The minimum atomic E-state index is -0.566. The van der Waals surface area contributed by atoms with E-state index in [2.05, 4.69) is 10.6 Å². The molecule has 0 saturated heterocycles. The second-order valence-corrected chi connectivity index (χ2v) is 6.68. The second kappa shape index (κ2) is 10.8. The minimum Gasteiger partial charge on any atom is -0.376 e. The van der Waals surface area contributed by atoms with E-state index in [0.29, 0.717) is 35.6 Å². The average molecular weight is 396 g/mol. The number of hydrogen-bond acceptors (Lipinski definition) is 4. The molecule has 0 fully saturated rings. The van der Waals surface area contributed by atoms with Gasteiger partial charge in [0.05, 0.1) is 12.1 Å². The third kappa shape index (κ3) is 6.34. The lowest BCUT2D eigenvalue weighted by Crippen LogP contribution is -2.32. The van der Waals surface area contributed by atoms with Crippen LogP contribution in [-0.4, -0.2) is 42.3 Å². The van der Waals surface area contributed by atoms with E-state index in [1.807, 2.05) is 18.7 Å². The van der Waals surface area contributed by atoms with Crippen LogP contribution in [0.15, 0.2) is 48.5 Å². The maximum atomic E-state index is 12.7. The van der Waals surface area contributed by atoms with E-state index < -0.39 is 5.91 Å². The number of para-hydroxylation sites is 1. The number of nitrogens with zero attached hydrogens (tertiary/aromatic N) is 1. The summed E-state index contributed by atoms with van der Waals surface area (Å²) in [5.74, 6) is -0.908. The molecule has 2 rings (SSSR count). The highest BCUT2D eigenvalue weighted by atomic mass is 16.2. The molecule has 0 aliphatic carbocycles. The van der Waals surface area contributed by atoms with E-state index in [1.165, 1.54) is 0 Å². The van der Waals surface area contributed by atoms with Gasteiger partial charge >= 0.3 is 0 Å². The Kier molecular flexibility index (Phi) is 8.21. The molecule has 0 bridgehead atoms. The van der Waals surface area contributed by atoms with Gasteiger partial charge in [0.15, 0.2) is 0 Å². The van der Waals surface area contributed by atoms with Gasteiger partial charge in [-0.15, -0.1) is 0 Å². The van der Waals surface area contributed by atoms with Crippen molar-refractivity contribution in [2.24, 2.45) is 5.73 Å². The highest BCUT2D eigenvalue weighted by Gasteiger charge is 2.15. The zero-order valence-corrected chi connectivity index (χ0v) is 16.9.